The highest BCUT2D eigenvalue weighted by Gasteiger charge is 2.22. The molecule has 0 aromatic carbocycles. The van der Waals surface area contributed by atoms with Crippen LogP contribution in [0.5, 0.6) is 0 Å². The first-order chi connectivity index (χ1) is 13.7. The number of hydrogen-bond donors (Lipinski definition) is 1. The molecule has 0 saturated heterocycles. The van der Waals surface area contributed by atoms with Crippen molar-refractivity contribution >= 4 is 12.1 Å². The number of carbonyl (C=O) groups is 2. The van der Waals surface area contributed by atoms with Crippen LogP contribution in [-0.4, -0.2) is 31.3 Å². The summed E-state index contributed by atoms with van der Waals surface area (Å²) in [6.07, 6.45) is 15.8. The highest BCUT2D eigenvalue weighted by atomic mass is 16.6. The van der Waals surface area contributed by atoms with Crippen LogP contribution in [0, 0.1) is 0 Å². The zero-order valence-corrected chi connectivity index (χ0v) is 18.7. The molecule has 0 aromatic heterocycles. The Balaban J connectivity index is 4.08. The predicted octanol–water partition coefficient (Wildman–Crippen LogP) is 6.54. The van der Waals surface area contributed by atoms with Gasteiger partial charge in [0.25, 0.3) is 0 Å². The number of alkyl carbamates (subject to hydrolysis) is 1. The van der Waals surface area contributed by atoms with Gasteiger partial charge in [0, 0.05) is 0 Å². The lowest BCUT2D eigenvalue weighted by molar-refractivity contribution is -0.146. The standard InChI is InChI=1S/C23H45NO4/c1-4-7-10-12-13-14-15-17-20-27-22(25)21(18-16-11-8-5-2)24-23(26)28-19-9-6-3/h21H,4-20H2,1-3H3,(H,24,26). The van der Waals surface area contributed by atoms with Crippen molar-refractivity contribution in [2.75, 3.05) is 13.2 Å². The molecule has 1 unspecified atom stereocenters. The number of carbonyl (C=O) groups excluding carboxylic acids is 2. The van der Waals surface area contributed by atoms with Crippen LogP contribution >= 0.6 is 0 Å². The van der Waals surface area contributed by atoms with Crippen LogP contribution < -0.4 is 5.32 Å². The molecule has 0 aliphatic heterocycles. The first kappa shape index (κ1) is 26.7. The van der Waals surface area contributed by atoms with E-state index in [4.69, 9.17) is 9.47 Å². The molecule has 5 heteroatoms. The molecule has 1 atom stereocenters. The molecule has 0 aromatic rings. The Kier molecular flexibility index (Phi) is 19.6. The molecule has 166 valence electrons. The van der Waals surface area contributed by atoms with Crippen molar-refractivity contribution in [1.29, 1.82) is 0 Å². The summed E-state index contributed by atoms with van der Waals surface area (Å²) in [5, 5.41) is 2.70. The highest BCUT2D eigenvalue weighted by molar-refractivity contribution is 5.81. The summed E-state index contributed by atoms with van der Waals surface area (Å²) in [7, 11) is 0. The molecule has 0 fully saturated rings. The largest absolute Gasteiger partial charge is 0.464 e. The second-order valence-corrected chi connectivity index (χ2v) is 7.68. The maximum atomic E-state index is 12.4. The average Bonchev–Trinajstić information content (AvgIpc) is 2.69. The number of hydrogen-bond acceptors (Lipinski definition) is 4. The summed E-state index contributed by atoms with van der Waals surface area (Å²) >= 11 is 0. The van der Waals surface area contributed by atoms with Crippen LogP contribution in [0.25, 0.3) is 0 Å². The Bertz CT molecular complexity index is 374. The summed E-state index contributed by atoms with van der Waals surface area (Å²) in [4.78, 5) is 24.3. The van der Waals surface area contributed by atoms with Gasteiger partial charge in [0.05, 0.1) is 13.2 Å². The third-order valence-electron chi connectivity index (χ3n) is 4.90. The van der Waals surface area contributed by atoms with E-state index >= 15 is 0 Å². The minimum absolute atomic E-state index is 0.327. The van der Waals surface area contributed by atoms with Crippen LogP contribution in [0.3, 0.4) is 0 Å². The smallest absolute Gasteiger partial charge is 0.407 e. The summed E-state index contributed by atoms with van der Waals surface area (Å²) in [6.45, 7) is 7.24. The van der Waals surface area contributed by atoms with E-state index in [-0.39, 0.29) is 5.97 Å². The predicted molar refractivity (Wildman–Crippen MR) is 116 cm³/mol. The van der Waals surface area contributed by atoms with E-state index in [0.29, 0.717) is 19.6 Å². The Labute approximate surface area is 173 Å². The van der Waals surface area contributed by atoms with Gasteiger partial charge in [-0.2, -0.15) is 0 Å². The molecule has 0 heterocycles. The number of esters is 1. The van der Waals surface area contributed by atoms with Crippen molar-refractivity contribution in [2.45, 2.75) is 123 Å². The first-order valence-electron chi connectivity index (χ1n) is 11.8. The fourth-order valence-electron chi connectivity index (χ4n) is 3.03. The van der Waals surface area contributed by atoms with Crippen LogP contribution in [0.2, 0.25) is 0 Å². The van der Waals surface area contributed by atoms with Gasteiger partial charge in [0.15, 0.2) is 0 Å². The Morgan fingerprint density at radius 1 is 0.643 bits per heavy atom. The van der Waals surface area contributed by atoms with E-state index in [9.17, 15) is 9.59 Å². The Hall–Kier alpha value is -1.26. The van der Waals surface area contributed by atoms with Gasteiger partial charge >= 0.3 is 12.1 Å². The van der Waals surface area contributed by atoms with E-state index in [1.54, 1.807) is 0 Å². The minimum Gasteiger partial charge on any atom is -0.464 e. The quantitative estimate of drug-likeness (QED) is 0.198. The molecule has 0 saturated carbocycles. The van der Waals surface area contributed by atoms with Gasteiger partial charge in [-0.15, -0.1) is 0 Å². The SMILES string of the molecule is CCCCCCCCCCOC(=O)C(CCCCCC)NC(=O)OCCCC. The van der Waals surface area contributed by atoms with E-state index in [0.717, 1.165) is 51.4 Å². The average molecular weight is 400 g/mol. The third kappa shape index (κ3) is 16.9. The third-order valence-corrected chi connectivity index (χ3v) is 4.90. The fourth-order valence-corrected chi connectivity index (χ4v) is 3.03. The molecular formula is C23H45NO4. The van der Waals surface area contributed by atoms with Crippen molar-refractivity contribution in [3.63, 3.8) is 0 Å². The fraction of sp³-hybridized carbons (Fsp3) is 0.913. The number of unbranched alkanes of at least 4 members (excludes halogenated alkanes) is 11. The second-order valence-electron chi connectivity index (χ2n) is 7.68. The van der Waals surface area contributed by atoms with Crippen molar-refractivity contribution in [3.05, 3.63) is 0 Å². The monoisotopic (exact) mass is 399 g/mol. The van der Waals surface area contributed by atoms with Gasteiger partial charge in [0.1, 0.15) is 6.04 Å². The van der Waals surface area contributed by atoms with E-state index in [1.807, 2.05) is 6.92 Å². The van der Waals surface area contributed by atoms with Gasteiger partial charge in [-0.05, 0) is 19.3 Å². The lowest BCUT2D eigenvalue weighted by Crippen LogP contribution is -2.42. The van der Waals surface area contributed by atoms with Gasteiger partial charge < -0.3 is 14.8 Å². The van der Waals surface area contributed by atoms with Gasteiger partial charge in [-0.25, -0.2) is 9.59 Å². The zero-order chi connectivity index (χ0) is 20.9. The molecule has 5 nitrogen and oxygen atoms in total. The lowest BCUT2D eigenvalue weighted by Gasteiger charge is -2.17. The normalized spacial score (nSPS) is 11.8. The van der Waals surface area contributed by atoms with Crippen LogP contribution in [0.15, 0.2) is 0 Å². The molecular weight excluding hydrogens is 354 g/mol. The molecule has 0 bridgehead atoms. The lowest BCUT2D eigenvalue weighted by atomic mass is 10.1. The Morgan fingerprint density at radius 2 is 1.14 bits per heavy atom. The van der Waals surface area contributed by atoms with Crippen LogP contribution in [0.1, 0.15) is 117 Å². The number of amides is 1. The molecule has 0 rings (SSSR count). The maximum absolute atomic E-state index is 12.4. The van der Waals surface area contributed by atoms with E-state index in [2.05, 4.69) is 19.2 Å². The number of rotatable bonds is 19. The summed E-state index contributed by atoms with van der Waals surface area (Å²) in [5.41, 5.74) is 0. The molecule has 0 aliphatic rings. The topological polar surface area (TPSA) is 64.6 Å². The van der Waals surface area contributed by atoms with Gasteiger partial charge in [-0.1, -0.05) is 97.8 Å². The van der Waals surface area contributed by atoms with Gasteiger partial charge in [-0.3, -0.25) is 0 Å². The second kappa shape index (κ2) is 20.5. The first-order valence-corrected chi connectivity index (χ1v) is 11.8. The van der Waals surface area contributed by atoms with Crippen molar-refractivity contribution in [2.24, 2.45) is 0 Å². The summed E-state index contributed by atoms with van der Waals surface area (Å²) < 4.78 is 10.6. The summed E-state index contributed by atoms with van der Waals surface area (Å²) in [6, 6.07) is -0.597. The molecule has 1 N–H and O–H groups in total. The summed E-state index contributed by atoms with van der Waals surface area (Å²) in [5.74, 6) is -0.327. The van der Waals surface area contributed by atoms with Crippen molar-refractivity contribution in [3.8, 4) is 0 Å². The number of nitrogens with one attached hydrogen (secondary N) is 1. The molecule has 0 radical (unpaired) electrons. The van der Waals surface area contributed by atoms with E-state index in [1.165, 1.54) is 38.5 Å². The number of ether oxygens (including phenoxy) is 2. The van der Waals surface area contributed by atoms with Crippen molar-refractivity contribution in [1.82, 2.24) is 5.32 Å². The zero-order valence-electron chi connectivity index (χ0n) is 18.7. The van der Waals surface area contributed by atoms with Crippen LogP contribution in [0.4, 0.5) is 4.79 Å². The minimum atomic E-state index is -0.597. The molecule has 0 spiro atoms. The Morgan fingerprint density at radius 3 is 1.75 bits per heavy atom. The maximum Gasteiger partial charge on any atom is 0.407 e. The van der Waals surface area contributed by atoms with Gasteiger partial charge in [0.2, 0.25) is 0 Å². The molecule has 1 amide bonds. The highest BCUT2D eigenvalue weighted by Crippen LogP contribution is 2.10. The molecule has 0 aliphatic carbocycles. The van der Waals surface area contributed by atoms with Crippen molar-refractivity contribution < 1.29 is 19.1 Å². The van der Waals surface area contributed by atoms with Crippen LogP contribution in [-0.2, 0) is 14.3 Å². The molecule has 28 heavy (non-hydrogen) atoms. The van der Waals surface area contributed by atoms with E-state index < -0.39 is 12.1 Å².